The van der Waals surface area contributed by atoms with Gasteiger partial charge in [-0.2, -0.15) is 36.6 Å². The molecule has 24 heteroatoms. The Morgan fingerprint density at radius 1 is 0.415 bits per heavy atom. The molecule has 0 saturated carbocycles. The zero-order chi connectivity index (χ0) is 79.9. The molecule has 0 unspecified atom stereocenters. The number of fused-ring (bicyclic) bond motifs is 3. The van der Waals surface area contributed by atoms with Crippen molar-refractivity contribution in [2.75, 3.05) is 0 Å². The molecule has 9 aromatic carbocycles. The zero-order valence-corrected chi connectivity index (χ0v) is 79.6. The van der Waals surface area contributed by atoms with E-state index < -0.39 is 11.7 Å². The Kier molecular flexibility index (Phi) is 50.1. The number of para-hydroxylation sites is 3. The molecular weight excluding hydrogens is 2600 g/mol. The van der Waals surface area contributed by atoms with Crippen LogP contribution in [-0.4, -0.2) is 62.6 Å². The van der Waals surface area contributed by atoms with Gasteiger partial charge in [-0.1, -0.05) is 143 Å². The van der Waals surface area contributed by atoms with Crippen LogP contribution in [0.25, 0.3) is 110 Å². The number of ketones is 3. The van der Waals surface area contributed by atoms with Gasteiger partial charge in [0.05, 0.1) is 28.3 Å². The van der Waals surface area contributed by atoms with Crippen molar-refractivity contribution in [3.8, 4) is 77.5 Å². The number of alkyl halides is 3. The van der Waals surface area contributed by atoms with Crippen molar-refractivity contribution >= 4 is 72.1 Å². The van der Waals surface area contributed by atoms with E-state index in [4.69, 9.17) is 24.7 Å². The number of carbonyl (C=O) groups excluding carboxylic acids is 3. The zero-order valence-electron chi connectivity index (χ0n) is 63.8. The van der Waals surface area contributed by atoms with Gasteiger partial charge in [0, 0.05) is 174 Å². The van der Waals surface area contributed by atoms with Crippen LogP contribution in [0, 0.1) is 36.4 Å². The number of halogens is 3. The fourth-order valence-electron chi connectivity index (χ4n) is 9.90. The topological polar surface area (TPSA) is 202 Å². The first-order chi connectivity index (χ1) is 54.2. The maximum Gasteiger partial charge on any atom is 0.381 e. The molecule has 0 amide bonds. The molecule has 16 aromatic rings. The molecule has 118 heavy (non-hydrogen) atoms. The maximum absolute atomic E-state index is 12.3. The molecule has 3 N–H and O–H groups in total. The number of hydrogen-bond donors (Lipinski definition) is 3. The van der Waals surface area contributed by atoms with Gasteiger partial charge in [-0.15, -0.1) is 166 Å². The first-order valence-electron chi connectivity index (χ1n) is 34.6. The van der Waals surface area contributed by atoms with Crippen molar-refractivity contribution in [3.63, 3.8) is 0 Å². The van der Waals surface area contributed by atoms with Gasteiger partial charge in [-0.3, -0.25) is 24.4 Å². The van der Waals surface area contributed by atoms with Gasteiger partial charge >= 0.3 is 6.18 Å². The molecule has 0 aliphatic rings. The van der Waals surface area contributed by atoms with Crippen LogP contribution in [-0.2, 0) is 142 Å². The number of oxazole rings is 1. The van der Waals surface area contributed by atoms with Crippen molar-refractivity contribution in [1.82, 2.24) is 29.9 Å². The van der Waals surface area contributed by atoms with Crippen LogP contribution in [0.1, 0.15) is 47.1 Å². The number of aliphatic hydroxyl groups excluding tert-OH is 3. The summed E-state index contributed by atoms with van der Waals surface area (Å²) >= 11 is 3.38. The Morgan fingerprint density at radius 2 is 0.881 bits per heavy atom. The first-order valence-corrected chi connectivity index (χ1v) is 36.3. The second-order valence-electron chi connectivity index (χ2n) is 23.8. The second-order valence-corrected chi connectivity index (χ2v) is 25.7. The van der Waals surface area contributed by atoms with Crippen LogP contribution >= 0.6 is 22.7 Å². The number of hydrogen-bond acceptors (Lipinski definition) is 15. The number of aliphatic hydroxyl groups is 3. The van der Waals surface area contributed by atoms with Gasteiger partial charge in [-0.05, 0) is 124 Å². The number of aromatic nitrogens is 6. The standard InChI is InChI=1S/C17H10NS.C17H12N.C13H8NO.C12H7F3N.C11H8N.C9H6NS.3C5H8O2.5Ir.Pt/c1-2-8-13-12(6-1)7-5-9-14(13)17-18-15-10-3-4-11-16(15)19-17;1-2-7-14(8-3-1)15-9-6-10-16(13-15)17-11-4-5-12-18-17;1-2-6-10(7-3-1)13-14-11-8-4-5-9-12(11)15-13;13-12(14,15)10-6-4-9(5-7-10)11-3-1-2-8-16-11;1-2-6-10(7-3-1)11-8-4-5-9-12-11;1-2-6-10-8(4-1)9-5-3-7-11-9;3*1-4(6)3-5(2)7;;;;;;/h1-8,10-11H;1-9,11-13H;1-6,8-9H;1-4,6-8H;1-6,8-9H;1-4,6-7H;3*3,6H,1-2H3;;;;;;/q6*-1;;;;;;;;;. The van der Waals surface area contributed by atoms with Gasteiger partial charge in [0.25, 0.3) is 0 Å². The largest absolute Gasteiger partial charge is 0.512 e. The smallest absolute Gasteiger partial charge is 0.381 e. The molecule has 0 bridgehead atoms. The van der Waals surface area contributed by atoms with Crippen LogP contribution in [0.2, 0.25) is 0 Å². The van der Waals surface area contributed by atoms with Crippen LogP contribution in [0.4, 0.5) is 13.2 Å². The van der Waals surface area contributed by atoms with E-state index in [9.17, 15) is 27.6 Å². The Bertz CT molecular complexity index is 5400. The molecule has 0 spiro atoms. The summed E-state index contributed by atoms with van der Waals surface area (Å²) in [5.41, 5.74) is 12.6. The number of pyridine rings is 4. The third-order valence-corrected chi connectivity index (χ3v) is 16.5. The molecule has 0 atom stereocenters. The molecule has 0 fully saturated rings. The molecule has 0 aliphatic carbocycles. The Morgan fingerprint density at radius 3 is 1.35 bits per heavy atom. The summed E-state index contributed by atoms with van der Waals surface area (Å²) in [6.07, 6.45) is 6.15. The number of thiophene rings is 1. The Balaban J connectivity index is 0.000000457. The SMILES string of the molecule is CC(=O)C=C(C)O.CC(=O)C=C(C)O.CC(=O)C=C(C)O.FC(F)(F)c1c[c-]c(-c2ccccn2)cc1.[Ir].[Ir].[Ir].[Ir].[Ir].[Pt].[c-]1ccc(-c2ccccc2)cc1-c1ccccn1.[c-]1ccc2ccccc2c1-c1nc2ccccc2s1.[c-]1ccccc1-c1ccccn1.[c-]1ccccc1-c1nc2ccccc2o1.[c-]1ccsc1-c1ccccn1. The molecule has 7 aromatic heterocycles. The molecule has 13 nitrogen and oxygen atoms in total. The van der Waals surface area contributed by atoms with E-state index in [0.717, 1.165) is 78.0 Å². The summed E-state index contributed by atoms with van der Waals surface area (Å²) in [6, 6.07) is 107. The molecule has 0 saturated heterocycles. The van der Waals surface area contributed by atoms with E-state index in [1.807, 2.05) is 175 Å². The monoisotopic (exact) mass is 2680 g/mol. The number of nitrogens with zero attached hydrogens (tertiary/aromatic N) is 6. The molecule has 16 rings (SSSR count). The molecule has 617 valence electrons. The Hall–Kier alpha value is -9.74. The summed E-state index contributed by atoms with van der Waals surface area (Å²) in [6.45, 7) is 8.54. The molecule has 5 radical (unpaired) electrons. The van der Waals surface area contributed by atoms with Crippen LogP contribution < -0.4 is 0 Å². The summed E-state index contributed by atoms with van der Waals surface area (Å²) in [5, 5.41) is 30.6. The number of carbonyl (C=O) groups is 3. The third-order valence-electron chi connectivity index (χ3n) is 14.6. The van der Waals surface area contributed by atoms with Gasteiger partial charge in [-0.25, -0.2) is 11.3 Å². The quantitative estimate of drug-likeness (QED) is 0.0664. The van der Waals surface area contributed by atoms with Crippen molar-refractivity contribution in [2.24, 2.45) is 0 Å². The Labute approximate surface area is 775 Å². The minimum Gasteiger partial charge on any atom is -0.512 e. The van der Waals surface area contributed by atoms with Crippen molar-refractivity contribution < 1.29 is 169 Å². The summed E-state index contributed by atoms with van der Waals surface area (Å²) in [5.74, 6) is 0.435. The van der Waals surface area contributed by atoms with Gasteiger partial charge < -0.3 is 39.7 Å². The normalized spacial score (nSPS) is 10.2. The predicted octanol–water partition coefficient (Wildman–Crippen LogP) is 24.3. The van der Waals surface area contributed by atoms with E-state index in [0.29, 0.717) is 17.1 Å². The van der Waals surface area contributed by atoms with E-state index in [2.05, 4.69) is 134 Å². The van der Waals surface area contributed by atoms with Gasteiger partial charge in [0.15, 0.2) is 17.3 Å². The summed E-state index contributed by atoms with van der Waals surface area (Å²) in [7, 11) is 0. The fraction of sp³-hybridized carbons (Fsp3) is 0.0745. The number of thiazole rings is 1. The van der Waals surface area contributed by atoms with Crippen LogP contribution in [0.3, 0.4) is 0 Å². The van der Waals surface area contributed by atoms with E-state index >= 15 is 0 Å². The van der Waals surface area contributed by atoms with E-state index in [1.54, 1.807) is 65.7 Å². The van der Waals surface area contributed by atoms with E-state index in [-0.39, 0.29) is 156 Å². The van der Waals surface area contributed by atoms with Crippen LogP contribution in [0.15, 0.2) is 349 Å². The van der Waals surface area contributed by atoms with Crippen molar-refractivity contribution in [1.29, 1.82) is 0 Å². The van der Waals surface area contributed by atoms with Crippen molar-refractivity contribution in [2.45, 2.75) is 47.7 Å². The van der Waals surface area contributed by atoms with Crippen molar-refractivity contribution in [3.05, 3.63) is 387 Å². The predicted molar refractivity (Wildman–Crippen MR) is 443 cm³/mol. The maximum atomic E-state index is 12.3. The summed E-state index contributed by atoms with van der Waals surface area (Å²) in [4.78, 5) is 57.1. The minimum absolute atomic E-state index is 0. The third kappa shape index (κ3) is 37.0. The molecule has 7 heterocycles. The second kappa shape index (κ2) is 56.6. The molecule has 0 aliphatic heterocycles. The van der Waals surface area contributed by atoms with Gasteiger partial charge in [0.2, 0.25) is 0 Å². The molecular formula is C94H75F3Ir5N6O7PtS2-6. The van der Waals surface area contributed by atoms with Gasteiger partial charge in [0.1, 0.15) is 11.5 Å². The minimum atomic E-state index is -4.32. The van der Waals surface area contributed by atoms with Crippen LogP contribution in [0.5, 0.6) is 0 Å². The number of allylic oxidation sites excluding steroid dienone is 6. The average molecular weight is 2680 g/mol. The summed E-state index contributed by atoms with van der Waals surface area (Å²) < 4.78 is 43.7. The van der Waals surface area contributed by atoms with E-state index in [1.165, 1.54) is 92.4 Å². The number of benzene rings is 9. The number of rotatable bonds is 10. The fourth-order valence-corrected chi connectivity index (χ4v) is 11.5. The first kappa shape index (κ1) is 104. The average Bonchev–Trinajstić information content (AvgIpc) is 1.61.